The number of para-hydroxylation sites is 1. The minimum atomic E-state index is -0.290. The van der Waals surface area contributed by atoms with Crippen LogP contribution in [-0.2, 0) is 0 Å². The molecular formula is C26H21ClN4OS. The summed E-state index contributed by atoms with van der Waals surface area (Å²) >= 11 is 12.1. The first-order valence-electron chi connectivity index (χ1n) is 10.5. The van der Waals surface area contributed by atoms with Gasteiger partial charge in [0.2, 0.25) is 5.82 Å². The molecule has 4 aromatic rings. The van der Waals surface area contributed by atoms with Gasteiger partial charge in [-0.25, -0.2) is 0 Å². The lowest BCUT2D eigenvalue weighted by molar-refractivity contribution is 0.404. The molecule has 0 bridgehead atoms. The van der Waals surface area contributed by atoms with Crippen LogP contribution in [0.15, 0.2) is 89.1 Å². The van der Waals surface area contributed by atoms with Crippen molar-refractivity contribution in [2.45, 2.75) is 19.9 Å². The second-order valence-corrected chi connectivity index (χ2v) is 8.72. The van der Waals surface area contributed by atoms with Crippen LogP contribution in [0.3, 0.4) is 0 Å². The number of benzene rings is 3. The highest BCUT2D eigenvalue weighted by molar-refractivity contribution is 7.80. The molecule has 0 saturated carbocycles. The Labute approximate surface area is 202 Å². The first-order valence-corrected chi connectivity index (χ1v) is 11.3. The summed E-state index contributed by atoms with van der Waals surface area (Å²) in [6.07, 6.45) is 0. The Bertz CT molecular complexity index is 1370. The van der Waals surface area contributed by atoms with Crippen molar-refractivity contribution in [3.63, 3.8) is 0 Å². The van der Waals surface area contributed by atoms with Crippen molar-refractivity contribution < 1.29 is 4.52 Å². The number of allylic oxidation sites excluding steroid dienone is 1. The van der Waals surface area contributed by atoms with Crippen LogP contribution in [0.4, 0.5) is 5.69 Å². The van der Waals surface area contributed by atoms with Gasteiger partial charge >= 0.3 is 0 Å². The molecule has 5 nitrogen and oxygen atoms in total. The average Bonchev–Trinajstić information content (AvgIpc) is 3.29. The van der Waals surface area contributed by atoms with Crippen molar-refractivity contribution >= 4 is 40.2 Å². The molecule has 164 valence electrons. The Morgan fingerprint density at radius 2 is 1.76 bits per heavy atom. The van der Waals surface area contributed by atoms with E-state index in [1.807, 2.05) is 97.6 Å². The molecular weight excluding hydrogens is 452 g/mol. The molecule has 2 heterocycles. The lowest BCUT2D eigenvalue weighted by atomic mass is 9.94. The van der Waals surface area contributed by atoms with Gasteiger partial charge in [0.15, 0.2) is 5.11 Å². The highest BCUT2D eigenvalue weighted by Gasteiger charge is 2.34. The van der Waals surface area contributed by atoms with E-state index in [1.54, 1.807) is 0 Å². The minimum Gasteiger partial charge on any atom is -0.351 e. The molecule has 1 atom stereocenters. The van der Waals surface area contributed by atoms with E-state index in [4.69, 9.17) is 33.3 Å². The molecule has 33 heavy (non-hydrogen) atoms. The third-order valence-corrected chi connectivity index (χ3v) is 6.15. The highest BCUT2D eigenvalue weighted by Crippen LogP contribution is 2.39. The van der Waals surface area contributed by atoms with Crippen LogP contribution in [0, 0.1) is 6.92 Å². The van der Waals surface area contributed by atoms with Gasteiger partial charge in [-0.3, -0.25) is 4.90 Å². The van der Waals surface area contributed by atoms with Gasteiger partial charge in [-0.2, -0.15) is 4.98 Å². The number of aryl methyl sites for hydroxylation is 1. The second-order valence-electron chi connectivity index (χ2n) is 7.90. The SMILES string of the molecule is CC1=C(c2nc(-c3cccc(C)c3)no2)C(c2cccc(Cl)c2)NC(=S)N1c1ccccc1. The maximum atomic E-state index is 6.32. The maximum Gasteiger partial charge on any atom is 0.258 e. The van der Waals surface area contributed by atoms with Crippen LogP contribution in [0.25, 0.3) is 17.0 Å². The Morgan fingerprint density at radius 1 is 0.970 bits per heavy atom. The quantitative estimate of drug-likeness (QED) is 0.339. The Hall–Kier alpha value is -3.48. The average molecular weight is 473 g/mol. The van der Waals surface area contributed by atoms with E-state index in [0.29, 0.717) is 21.9 Å². The van der Waals surface area contributed by atoms with Gasteiger partial charge in [0, 0.05) is 22.0 Å². The number of rotatable bonds is 4. The van der Waals surface area contributed by atoms with Gasteiger partial charge in [-0.1, -0.05) is 70.9 Å². The molecule has 0 aliphatic carbocycles. The van der Waals surface area contributed by atoms with Crippen molar-refractivity contribution in [3.8, 4) is 11.4 Å². The topological polar surface area (TPSA) is 54.2 Å². The number of nitrogens with one attached hydrogen (secondary N) is 1. The summed E-state index contributed by atoms with van der Waals surface area (Å²) in [5.74, 6) is 0.975. The number of halogens is 1. The van der Waals surface area contributed by atoms with Crippen LogP contribution in [0.2, 0.25) is 5.02 Å². The highest BCUT2D eigenvalue weighted by atomic mass is 35.5. The van der Waals surface area contributed by atoms with E-state index in [9.17, 15) is 0 Å². The van der Waals surface area contributed by atoms with E-state index in [2.05, 4.69) is 10.5 Å². The summed E-state index contributed by atoms with van der Waals surface area (Å²) in [4.78, 5) is 6.76. The second kappa shape index (κ2) is 8.81. The van der Waals surface area contributed by atoms with Gasteiger partial charge in [-0.05, 0) is 62.0 Å². The van der Waals surface area contributed by atoms with E-state index in [1.165, 1.54) is 0 Å². The molecule has 0 fully saturated rings. The molecule has 1 N–H and O–H groups in total. The van der Waals surface area contributed by atoms with Crippen molar-refractivity contribution in [1.29, 1.82) is 0 Å². The zero-order chi connectivity index (χ0) is 22.9. The lowest BCUT2D eigenvalue weighted by Crippen LogP contribution is -2.46. The third-order valence-electron chi connectivity index (χ3n) is 5.61. The Kier molecular flexibility index (Phi) is 5.70. The minimum absolute atomic E-state index is 0.290. The summed E-state index contributed by atoms with van der Waals surface area (Å²) in [6, 6.07) is 25.4. The number of aromatic nitrogens is 2. The molecule has 1 unspecified atom stereocenters. The van der Waals surface area contributed by atoms with Gasteiger partial charge < -0.3 is 9.84 Å². The summed E-state index contributed by atoms with van der Waals surface area (Å²) < 4.78 is 5.81. The molecule has 1 aromatic heterocycles. The van der Waals surface area contributed by atoms with Crippen molar-refractivity contribution in [3.05, 3.63) is 107 Å². The molecule has 5 rings (SSSR count). The van der Waals surface area contributed by atoms with Crippen LogP contribution < -0.4 is 10.2 Å². The molecule has 7 heteroatoms. The number of anilines is 1. The summed E-state index contributed by atoms with van der Waals surface area (Å²) in [5.41, 5.74) is 5.71. The van der Waals surface area contributed by atoms with Gasteiger partial charge in [0.05, 0.1) is 11.6 Å². The molecule has 0 amide bonds. The fraction of sp³-hybridized carbons (Fsp3) is 0.115. The van der Waals surface area contributed by atoms with Crippen LogP contribution >= 0.6 is 23.8 Å². The fourth-order valence-corrected chi connectivity index (χ4v) is 4.64. The molecule has 0 saturated heterocycles. The maximum absolute atomic E-state index is 6.32. The zero-order valence-electron chi connectivity index (χ0n) is 18.1. The van der Waals surface area contributed by atoms with Crippen molar-refractivity contribution in [2.75, 3.05) is 4.90 Å². The fourth-order valence-electron chi connectivity index (χ4n) is 4.08. The van der Waals surface area contributed by atoms with Crippen molar-refractivity contribution in [2.24, 2.45) is 0 Å². The summed E-state index contributed by atoms with van der Waals surface area (Å²) in [5, 5.41) is 8.97. The van der Waals surface area contributed by atoms with Crippen LogP contribution in [0.1, 0.15) is 30.0 Å². The standard InChI is InChI=1S/C26H21ClN4OS/c1-16-8-6-10-19(14-16)24-29-25(32-30-24)22-17(2)31(21-12-4-3-5-13-21)26(33)28-23(22)18-9-7-11-20(27)15-18/h3-15,23H,1-2H3,(H,28,33). The first kappa shape index (κ1) is 21.4. The van der Waals surface area contributed by atoms with Crippen molar-refractivity contribution in [1.82, 2.24) is 15.5 Å². The number of nitrogens with zero attached hydrogens (tertiary/aromatic N) is 3. The molecule has 1 aliphatic heterocycles. The normalized spacial score (nSPS) is 16.2. The molecule has 1 aliphatic rings. The summed E-state index contributed by atoms with van der Waals surface area (Å²) in [6.45, 7) is 4.06. The number of hydrogen-bond donors (Lipinski definition) is 1. The Morgan fingerprint density at radius 3 is 2.52 bits per heavy atom. The monoisotopic (exact) mass is 472 g/mol. The summed E-state index contributed by atoms with van der Waals surface area (Å²) in [7, 11) is 0. The molecule has 0 radical (unpaired) electrons. The molecule has 0 spiro atoms. The van der Waals surface area contributed by atoms with E-state index in [-0.39, 0.29) is 6.04 Å². The van der Waals surface area contributed by atoms with Crippen LogP contribution in [-0.4, -0.2) is 15.3 Å². The van der Waals surface area contributed by atoms with Crippen LogP contribution in [0.5, 0.6) is 0 Å². The number of thiocarbonyl (C=S) groups is 1. The first-order chi connectivity index (χ1) is 16.0. The largest absolute Gasteiger partial charge is 0.351 e. The van der Waals surface area contributed by atoms with Gasteiger partial charge in [0.25, 0.3) is 5.89 Å². The van der Waals surface area contributed by atoms with E-state index >= 15 is 0 Å². The van der Waals surface area contributed by atoms with E-state index in [0.717, 1.165) is 33.6 Å². The predicted octanol–water partition coefficient (Wildman–Crippen LogP) is 6.57. The van der Waals surface area contributed by atoms with Gasteiger partial charge in [-0.15, -0.1) is 0 Å². The molecule has 3 aromatic carbocycles. The van der Waals surface area contributed by atoms with Gasteiger partial charge in [0.1, 0.15) is 0 Å². The Balaban J connectivity index is 1.67. The zero-order valence-corrected chi connectivity index (χ0v) is 19.7. The smallest absolute Gasteiger partial charge is 0.258 e. The van der Waals surface area contributed by atoms with E-state index < -0.39 is 0 Å². The third kappa shape index (κ3) is 4.15. The lowest BCUT2D eigenvalue weighted by Gasteiger charge is -2.37. The predicted molar refractivity (Wildman–Crippen MR) is 136 cm³/mol. The number of hydrogen-bond acceptors (Lipinski definition) is 4.